The number of hydrogen-bond donors (Lipinski definition) is 7. The van der Waals surface area contributed by atoms with Crippen LogP contribution in [0.4, 0.5) is 0 Å². The van der Waals surface area contributed by atoms with Crippen molar-refractivity contribution in [3.05, 3.63) is 71.1 Å². The molecule has 12 aliphatic rings. The lowest BCUT2D eigenvalue weighted by Gasteiger charge is -2.90. The molecular weight excluding hydrogens is 877 g/mol. The monoisotopic (exact) mass is 949 g/mol. The van der Waals surface area contributed by atoms with Crippen molar-refractivity contribution in [3.63, 3.8) is 0 Å². The summed E-state index contributed by atoms with van der Waals surface area (Å²) < 4.78 is 18.9. The minimum Gasteiger partial charge on any atom is -0.481 e. The van der Waals surface area contributed by atoms with E-state index in [1.54, 1.807) is 7.11 Å². The van der Waals surface area contributed by atoms with Gasteiger partial charge in [0.05, 0.1) is 23.5 Å². The predicted molar refractivity (Wildman–Crippen MR) is 251 cm³/mol. The molecule has 1 amide bonds. The van der Waals surface area contributed by atoms with Crippen molar-refractivity contribution < 1.29 is 54.1 Å². The van der Waals surface area contributed by atoms with E-state index in [-0.39, 0.29) is 29.6 Å². The Bertz CT molecular complexity index is 2600. The number of hydrogen-bond acceptors (Lipinski definition) is 9. The van der Waals surface area contributed by atoms with Crippen LogP contribution >= 0.6 is 0 Å². The fourth-order valence-electron chi connectivity index (χ4n) is 22.1. The Hall–Kier alpha value is -3.59. The van der Waals surface area contributed by atoms with Crippen LogP contribution in [0.1, 0.15) is 116 Å². The molecule has 7 N–H and O–H groups in total. The van der Waals surface area contributed by atoms with Gasteiger partial charge in [-0.15, -0.1) is 0 Å². The SMILES string of the molecule is CCc1c[nH]cc1CCC12C3CC4CCC56C=C7C=CC1(CCC1C=C8C9%10C=CCC(C)(CC(COC)C9(C(=O)O)CCC85C4(C)C712)C%10NC6=O)CC(OC1OC(C(=O)O)C(O)C(O)C1O)C3(C)C. The number of aromatic amines is 1. The maximum atomic E-state index is 16.3. The second-order valence-corrected chi connectivity index (χ2v) is 25.6. The van der Waals surface area contributed by atoms with E-state index in [0.29, 0.717) is 38.7 Å². The highest BCUT2D eigenvalue weighted by Crippen LogP contribution is 2.96. The van der Waals surface area contributed by atoms with Crippen molar-refractivity contribution >= 4 is 17.8 Å². The highest BCUT2D eigenvalue weighted by atomic mass is 16.7. The number of aryl methyl sites for hydroxylation is 2. The fourth-order valence-corrected chi connectivity index (χ4v) is 22.1. The van der Waals surface area contributed by atoms with Crippen LogP contribution in [0, 0.1) is 77.8 Å². The zero-order valence-corrected chi connectivity index (χ0v) is 41.1. The summed E-state index contributed by atoms with van der Waals surface area (Å²) >= 11 is 0. The Labute approximate surface area is 404 Å². The number of allylic oxidation sites excluding steroid dienone is 5. The summed E-state index contributed by atoms with van der Waals surface area (Å²) in [4.78, 5) is 46.9. The summed E-state index contributed by atoms with van der Waals surface area (Å²) in [6.07, 6.45) is 19.6. The van der Waals surface area contributed by atoms with E-state index in [4.69, 9.17) is 14.2 Å². The molecule has 7 bridgehead atoms. The Morgan fingerprint density at radius 2 is 1.72 bits per heavy atom. The number of H-pyrrole nitrogens is 1. The molecule has 2 aliphatic heterocycles. The van der Waals surface area contributed by atoms with Gasteiger partial charge in [0.25, 0.3) is 0 Å². The Morgan fingerprint density at radius 1 is 0.942 bits per heavy atom. The number of aromatic nitrogens is 1. The molecule has 0 aromatic carbocycles. The second kappa shape index (κ2) is 13.7. The van der Waals surface area contributed by atoms with Gasteiger partial charge in [-0.3, -0.25) is 9.59 Å². The molecule has 3 heterocycles. The van der Waals surface area contributed by atoms with Crippen LogP contribution in [0.15, 0.2) is 60.0 Å². The van der Waals surface area contributed by atoms with Gasteiger partial charge in [0.15, 0.2) is 12.4 Å². The van der Waals surface area contributed by atoms with E-state index in [9.17, 15) is 35.1 Å². The molecule has 13 heteroatoms. The molecule has 372 valence electrons. The number of carboxylic acids is 2. The number of carbonyl (C=O) groups excluding carboxylic acids is 1. The predicted octanol–water partition coefficient (Wildman–Crippen LogP) is 6.43. The number of methoxy groups -OCH3 is 1. The molecule has 20 atom stereocenters. The van der Waals surface area contributed by atoms with Crippen molar-refractivity contribution in [2.24, 2.45) is 77.8 Å². The van der Waals surface area contributed by atoms with Gasteiger partial charge in [-0.2, -0.15) is 0 Å². The summed E-state index contributed by atoms with van der Waals surface area (Å²) in [6, 6.07) is -0.402. The van der Waals surface area contributed by atoms with Gasteiger partial charge in [-0.05, 0) is 145 Å². The zero-order valence-electron chi connectivity index (χ0n) is 41.1. The number of aliphatic carboxylic acids is 2. The summed E-state index contributed by atoms with van der Waals surface area (Å²) in [6.45, 7) is 12.0. The average Bonchev–Trinajstić information content (AvgIpc) is 3.74. The van der Waals surface area contributed by atoms with Crippen LogP contribution in [0.2, 0.25) is 0 Å². The largest absolute Gasteiger partial charge is 0.481 e. The molecule has 1 aromatic heterocycles. The minimum atomic E-state index is -1.83. The van der Waals surface area contributed by atoms with Crippen LogP contribution in [-0.4, -0.2) is 105 Å². The number of nitrogens with one attached hydrogen (secondary N) is 2. The summed E-state index contributed by atoms with van der Waals surface area (Å²) in [5.41, 5.74) is -1.37. The third-order valence-electron chi connectivity index (χ3n) is 24.1. The first-order valence-electron chi connectivity index (χ1n) is 26.3. The van der Waals surface area contributed by atoms with E-state index in [2.05, 4.69) is 93.8 Å². The molecule has 69 heavy (non-hydrogen) atoms. The molecule has 8 fully saturated rings. The Balaban J connectivity index is 1.08. The quantitative estimate of drug-likeness (QED) is 0.101. The maximum absolute atomic E-state index is 16.3. The van der Waals surface area contributed by atoms with Gasteiger partial charge in [0.2, 0.25) is 5.91 Å². The van der Waals surface area contributed by atoms with Gasteiger partial charge < -0.3 is 50.0 Å². The summed E-state index contributed by atoms with van der Waals surface area (Å²) in [5, 5.41) is 59.2. The molecule has 13 nitrogen and oxygen atoms in total. The zero-order chi connectivity index (χ0) is 48.5. The van der Waals surface area contributed by atoms with Gasteiger partial charge >= 0.3 is 11.9 Å². The average molecular weight is 949 g/mol. The fraction of sp³-hybridized carbons (Fsp3) is 0.732. The molecule has 2 saturated heterocycles. The normalized spacial score (nSPS) is 53.6. The van der Waals surface area contributed by atoms with Crippen LogP contribution in [0.3, 0.4) is 0 Å². The van der Waals surface area contributed by atoms with E-state index >= 15 is 4.79 Å². The molecule has 6 saturated carbocycles. The van der Waals surface area contributed by atoms with Crippen LogP contribution in [-0.2, 0) is 41.4 Å². The Kier molecular flexibility index (Phi) is 9.00. The van der Waals surface area contributed by atoms with E-state index in [1.807, 2.05) is 0 Å². The smallest absolute Gasteiger partial charge is 0.335 e. The van der Waals surface area contributed by atoms with Gasteiger partial charge in [0, 0.05) is 47.7 Å². The third-order valence-corrected chi connectivity index (χ3v) is 24.1. The molecule has 1 aromatic rings. The highest BCUT2D eigenvalue weighted by Gasteiger charge is 2.93. The maximum Gasteiger partial charge on any atom is 0.335 e. The second-order valence-electron chi connectivity index (χ2n) is 25.6. The van der Waals surface area contributed by atoms with Crippen molar-refractivity contribution in [2.75, 3.05) is 13.7 Å². The first-order valence-corrected chi connectivity index (χ1v) is 26.3. The number of aliphatic hydroxyl groups excluding tert-OH is 3. The number of aliphatic hydroxyl groups is 3. The van der Waals surface area contributed by atoms with Gasteiger partial charge in [-0.25, -0.2) is 4.79 Å². The first-order chi connectivity index (χ1) is 32.7. The van der Waals surface area contributed by atoms with Gasteiger partial charge in [-0.1, -0.05) is 76.6 Å². The number of amides is 1. The van der Waals surface area contributed by atoms with E-state index in [1.165, 1.54) is 22.3 Å². The molecule has 20 unspecified atom stereocenters. The molecule has 10 aliphatic carbocycles. The molecule has 0 radical (unpaired) electrons. The number of rotatable bonds is 10. The molecule has 3 spiro atoms. The summed E-state index contributed by atoms with van der Waals surface area (Å²) in [7, 11) is 1.70. The third kappa shape index (κ3) is 4.45. The topological polar surface area (TPSA) is 208 Å². The van der Waals surface area contributed by atoms with Crippen molar-refractivity contribution in [3.8, 4) is 0 Å². The number of ether oxygens (including phenoxy) is 3. The van der Waals surface area contributed by atoms with Crippen molar-refractivity contribution in [1.82, 2.24) is 10.3 Å². The number of carbonyl (C=O) groups is 3. The minimum absolute atomic E-state index is 0.0372. The van der Waals surface area contributed by atoms with E-state index in [0.717, 1.165) is 51.4 Å². The lowest BCUT2D eigenvalue weighted by atomic mass is 9.12. The van der Waals surface area contributed by atoms with Crippen molar-refractivity contribution in [1.29, 1.82) is 0 Å². The van der Waals surface area contributed by atoms with Gasteiger partial charge in [0.1, 0.15) is 18.3 Å². The Morgan fingerprint density at radius 3 is 2.46 bits per heavy atom. The molecule has 13 rings (SSSR count). The number of carboxylic acid groups (broad SMARTS) is 2. The van der Waals surface area contributed by atoms with Crippen molar-refractivity contribution in [2.45, 2.75) is 161 Å². The van der Waals surface area contributed by atoms with Crippen LogP contribution in [0.25, 0.3) is 0 Å². The van der Waals surface area contributed by atoms with Crippen LogP contribution in [0.5, 0.6) is 0 Å². The first kappa shape index (κ1) is 45.3. The lowest BCUT2D eigenvalue weighted by molar-refractivity contribution is -0.381. The highest BCUT2D eigenvalue weighted by molar-refractivity contribution is 5.92. The van der Waals surface area contributed by atoms with E-state index < -0.39 is 109 Å². The lowest BCUT2D eigenvalue weighted by Crippen LogP contribution is -2.86. The molecular formula is C56H72N2O11. The standard InChI is InChI=1S/C56H72N2O11/c1-7-29-26-57-27-30(29)9-18-55-35-21-31-12-17-51-24-33-11-16-50(55,25-37(47(35,2)3)68-43-40(61)38(59)39(60)41(69-43)42(62)63)15-10-32-22-36-53-14-8-13-48(4,44(53)58-45(51)64)23-34(28-67-6)52(53,46(65)66)19-20-54(36,51)49(31,5)56(32,33)55/h8,11,14,16,22,24,26-27,31-32,34-35,37-41,43-44,57,59-61H,7,9-10,12-13,15,17-21,23,25,28H2,1-6H3,(H,58,64)(H,62,63)(H,65,66). The summed E-state index contributed by atoms with van der Waals surface area (Å²) in [5.74, 6) is -2.18. The van der Waals surface area contributed by atoms with Crippen LogP contribution < -0.4 is 5.32 Å².